The van der Waals surface area contributed by atoms with Gasteiger partial charge in [-0.05, 0) is 11.6 Å². The number of hydrogen-bond acceptors (Lipinski definition) is 4. The number of methoxy groups -OCH3 is 1. The summed E-state index contributed by atoms with van der Waals surface area (Å²) in [6, 6.07) is 8.86. The van der Waals surface area contributed by atoms with Crippen LogP contribution in [-0.2, 0) is 11.3 Å². The number of hydrogen-bond donors (Lipinski definition) is 1. The number of rotatable bonds is 4. The fourth-order valence-corrected chi connectivity index (χ4v) is 1.49. The van der Waals surface area contributed by atoms with Crippen molar-refractivity contribution in [2.75, 3.05) is 7.11 Å². The smallest absolute Gasteiger partial charge is 0.358 e. The highest BCUT2D eigenvalue weighted by atomic mass is 16.5. The van der Waals surface area contributed by atoms with Crippen molar-refractivity contribution < 1.29 is 19.2 Å². The number of nitrogens with zero attached hydrogens (tertiary/aromatic N) is 1. The van der Waals surface area contributed by atoms with Crippen LogP contribution in [0.25, 0.3) is 11.3 Å². The predicted molar refractivity (Wildman–Crippen MR) is 59.6 cm³/mol. The van der Waals surface area contributed by atoms with Crippen LogP contribution in [0.1, 0.15) is 16.1 Å². The highest BCUT2D eigenvalue weighted by Crippen LogP contribution is 2.21. The number of benzene rings is 1. The van der Waals surface area contributed by atoms with E-state index in [9.17, 15) is 4.79 Å². The quantitative estimate of drug-likeness (QED) is 0.876. The minimum atomic E-state index is -1.10. The number of carbonyl (C=O) groups is 1. The lowest BCUT2D eigenvalue weighted by Crippen LogP contribution is -1.94. The van der Waals surface area contributed by atoms with Gasteiger partial charge in [0.2, 0.25) is 0 Å². The fraction of sp³-hybridized carbons (Fsp3) is 0.167. The Morgan fingerprint density at radius 3 is 2.94 bits per heavy atom. The topological polar surface area (TPSA) is 72.6 Å². The van der Waals surface area contributed by atoms with Crippen LogP contribution in [0.4, 0.5) is 0 Å². The second kappa shape index (κ2) is 4.80. The van der Waals surface area contributed by atoms with Crippen molar-refractivity contribution in [1.82, 2.24) is 5.16 Å². The summed E-state index contributed by atoms with van der Waals surface area (Å²) in [5.74, 6) is -0.673. The van der Waals surface area contributed by atoms with Gasteiger partial charge in [0.1, 0.15) is 0 Å². The molecule has 0 radical (unpaired) electrons. The zero-order valence-electron chi connectivity index (χ0n) is 9.21. The van der Waals surface area contributed by atoms with Gasteiger partial charge in [-0.1, -0.05) is 23.4 Å². The summed E-state index contributed by atoms with van der Waals surface area (Å²) in [4.78, 5) is 10.7. The molecule has 0 bridgehead atoms. The number of aromatic nitrogens is 1. The molecule has 0 unspecified atom stereocenters. The molecule has 1 aromatic heterocycles. The van der Waals surface area contributed by atoms with Crippen molar-refractivity contribution >= 4 is 5.97 Å². The molecule has 0 aliphatic rings. The zero-order valence-corrected chi connectivity index (χ0v) is 9.21. The maximum absolute atomic E-state index is 10.7. The summed E-state index contributed by atoms with van der Waals surface area (Å²) in [5, 5.41) is 12.2. The van der Waals surface area contributed by atoms with Gasteiger partial charge in [0.05, 0.1) is 6.61 Å². The van der Waals surface area contributed by atoms with E-state index in [1.807, 2.05) is 24.3 Å². The normalized spacial score (nSPS) is 10.4. The van der Waals surface area contributed by atoms with Crippen molar-refractivity contribution in [3.8, 4) is 11.3 Å². The molecule has 0 saturated heterocycles. The molecule has 0 saturated carbocycles. The average molecular weight is 233 g/mol. The first kappa shape index (κ1) is 11.3. The first-order chi connectivity index (χ1) is 8.20. The summed E-state index contributed by atoms with van der Waals surface area (Å²) in [6.45, 7) is 0.494. The van der Waals surface area contributed by atoms with Gasteiger partial charge in [0.15, 0.2) is 11.5 Å². The maximum Gasteiger partial charge on any atom is 0.358 e. The average Bonchev–Trinajstić information content (AvgIpc) is 2.79. The van der Waals surface area contributed by atoms with Crippen molar-refractivity contribution in [2.24, 2.45) is 0 Å². The van der Waals surface area contributed by atoms with E-state index in [2.05, 4.69) is 5.16 Å². The molecule has 2 aromatic rings. The van der Waals surface area contributed by atoms with Crippen molar-refractivity contribution in [2.45, 2.75) is 6.61 Å². The summed E-state index contributed by atoms with van der Waals surface area (Å²) in [5.41, 5.74) is 1.66. The second-order valence-corrected chi connectivity index (χ2v) is 3.51. The van der Waals surface area contributed by atoms with E-state index in [0.717, 1.165) is 11.1 Å². The number of aromatic carboxylic acids is 1. The van der Waals surface area contributed by atoms with Gasteiger partial charge >= 0.3 is 5.97 Å². The van der Waals surface area contributed by atoms with Crippen molar-refractivity contribution in [1.29, 1.82) is 0 Å². The van der Waals surface area contributed by atoms with Gasteiger partial charge in [0, 0.05) is 18.7 Å². The Morgan fingerprint density at radius 2 is 2.29 bits per heavy atom. The highest BCUT2D eigenvalue weighted by Gasteiger charge is 2.12. The molecule has 0 aliphatic carbocycles. The number of ether oxygens (including phenoxy) is 1. The van der Waals surface area contributed by atoms with Crippen LogP contribution < -0.4 is 0 Å². The van der Waals surface area contributed by atoms with Crippen LogP contribution in [-0.4, -0.2) is 23.3 Å². The van der Waals surface area contributed by atoms with Gasteiger partial charge < -0.3 is 14.4 Å². The largest absolute Gasteiger partial charge is 0.476 e. The molecule has 0 amide bonds. The van der Waals surface area contributed by atoms with E-state index in [-0.39, 0.29) is 5.69 Å². The minimum Gasteiger partial charge on any atom is -0.476 e. The molecule has 0 spiro atoms. The van der Waals surface area contributed by atoms with E-state index in [4.69, 9.17) is 14.4 Å². The van der Waals surface area contributed by atoms with Gasteiger partial charge in [0.25, 0.3) is 0 Å². The van der Waals surface area contributed by atoms with E-state index >= 15 is 0 Å². The van der Waals surface area contributed by atoms with Crippen LogP contribution in [0.2, 0.25) is 0 Å². The molecule has 0 atom stereocenters. The third kappa shape index (κ3) is 2.51. The SMILES string of the molecule is COCc1cccc(-c2cc(C(=O)O)no2)c1. The number of carboxylic acid groups (broad SMARTS) is 1. The predicted octanol–water partition coefficient (Wildman–Crippen LogP) is 2.19. The molecular weight excluding hydrogens is 222 g/mol. The van der Waals surface area contributed by atoms with Crippen LogP contribution >= 0.6 is 0 Å². The first-order valence-electron chi connectivity index (χ1n) is 4.99. The Kier molecular flexibility index (Phi) is 3.20. The van der Waals surface area contributed by atoms with E-state index in [1.54, 1.807) is 7.11 Å². The monoisotopic (exact) mass is 233 g/mol. The first-order valence-corrected chi connectivity index (χ1v) is 4.99. The van der Waals surface area contributed by atoms with Crippen LogP contribution in [0.15, 0.2) is 34.9 Å². The van der Waals surface area contributed by atoms with Crippen LogP contribution in [0.3, 0.4) is 0 Å². The second-order valence-electron chi connectivity index (χ2n) is 3.51. The van der Waals surface area contributed by atoms with Crippen molar-refractivity contribution in [3.05, 3.63) is 41.6 Å². The lowest BCUT2D eigenvalue weighted by Gasteiger charge is -2.01. The molecule has 1 heterocycles. The maximum atomic E-state index is 10.7. The summed E-state index contributed by atoms with van der Waals surface area (Å²) < 4.78 is 10.00. The zero-order chi connectivity index (χ0) is 12.3. The molecule has 1 aromatic carbocycles. The Morgan fingerprint density at radius 1 is 1.47 bits per heavy atom. The standard InChI is InChI=1S/C12H11NO4/c1-16-7-8-3-2-4-9(5-8)11-6-10(12(14)15)13-17-11/h2-6H,7H2,1H3,(H,14,15). The van der Waals surface area contributed by atoms with E-state index < -0.39 is 5.97 Å². The molecule has 0 aliphatic heterocycles. The fourth-order valence-electron chi connectivity index (χ4n) is 1.49. The third-order valence-electron chi connectivity index (χ3n) is 2.25. The summed E-state index contributed by atoms with van der Waals surface area (Å²) in [7, 11) is 1.61. The Hall–Kier alpha value is -2.14. The lowest BCUT2D eigenvalue weighted by atomic mass is 10.1. The van der Waals surface area contributed by atoms with Crippen LogP contribution in [0, 0.1) is 0 Å². The lowest BCUT2D eigenvalue weighted by molar-refractivity contribution is 0.0686. The van der Waals surface area contributed by atoms with Crippen LogP contribution in [0.5, 0.6) is 0 Å². The Bertz CT molecular complexity index is 533. The van der Waals surface area contributed by atoms with Crippen molar-refractivity contribution in [3.63, 3.8) is 0 Å². The van der Waals surface area contributed by atoms with E-state index in [0.29, 0.717) is 12.4 Å². The molecule has 88 valence electrons. The van der Waals surface area contributed by atoms with E-state index in [1.165, 1.54) is 6.07 Å². The molecule has 5 heteroatoms. The molecule has 17 heavy (non-hydrogen) atoms. The van der Waals surface area contributed by atoms with Gasteiger partial charge in [-0.15, -0.1) is 0 Å². The molecular formula is C12H11NO4. The Balaban J connectivity index is 2.31. The molecule has 2 rings (SSSR count). The number of carboxylic acids is 1. The molecule has 5 nitrogen and oxygen atoms in total. The summed E-state index contributed by atoms with van der Waals surface area (Å²) >= 11 is 0. The van der Waals surface area contributed by atoms with Gasteiger partial charge in [-0.25, -0.2) is 4.79 Å². The van der Waals surface area contributed by atoms with Gasteiger partial charge in [-0.2, -0.15) is 0 Å². The van der Waals surface area contributed by atoms with Gasteiger partial charge in [-0.3, -0.25) is 0 Å². The Labute approximate surface area is 97.6 Å². The minimum absolute atomic E-state index is 0.0999. The molecule has 1 N–H and O–H groups in total. The highest BCUT2D eigenvalue weighted by molar-refractivity contribution is 5.86. The third-order valence-corrected chi connectivity index (χ3v) is 2.25. The molecule has 0 fully saturated rings. The summed E-state index contributed by atoms with van der Waals surface area (Å²) in [6.07, 6.45) is 0.